The van der Waals surface area contributed by atoms with Gasteiger partial charge in [0.05, 0.1) is 23.6 Å². The molecule has 4 aliphatic rings. The van der Waals surface area contributed by atoms with Gasteiger partial charge in [-0.1, -0.05) is 18.2 Å². The number of carbonyl (C=O) groups is 3. The minimum atomic E-state index is -1.43. The van der Waals surface area contributed by atoms with Crippen LogP contribution in [-0.4, -0.2) is 41.8 Å². The molecule has 2 aromatic rings. The largest absolute Gasteiger partial charge is 0.454 e. The van der Waals surface area contributed by atoms with E-state index in [-0.39, 0.29) is 6.79 Å². The minimum Gasteiger partial charge on any atom is -0.454 e. The minimum absolute atomic E-state index is 0.0695. The van der Waals surface area contributed by atoms with Gasteiger partial charge in [0.15, 0.2) is 11.5 Å². The second-order valence-electron chi connectivity index (χ2n) is 8.27. The van der Waals surface area contributed by atoms with E-state index in [4.69, 9.17) is 9.47 Å². The van der Waals surface area contributed by atoms with Gasteiger partial charge in [0.2, 0.25) is 24.5 Å². The summed E-state index contributed by atoms with van der Waals surface area (Å²) < 4.78 is 10.7. The van der Waals surface area contributed by atoms with Crippen LogP contribution in [0.1, 0.15) is 12.5 Å². The average Bonchev–Trinajstić information content (AvgIpc) is 3.47. The number of aliphatic hydroxyl groups is 1. The molecule has 0 aromatic heterocycles. The van der Waals surface area contributed by atoms with Crippen molar-refractivity contribution in [1.29, 1.82) is 0 Å². The summed E-state index contributed by atoms with van der Waals surface area (Å²) in [6.45, 7) is 1.62. The van der Waals surface area contributed by atoms with Gasteiger partial charge in [0, 0.05) is 23.4 Å². The molecule has 0 bridgehead atoms. The van der Waals surface area contributed by atoms with Crippen LogP contribution in [0.5, 0.6) is 11.5 Å². The van der Waals surface area contributed by atoms with Crippen molar-refractivity contribution in [3.05, 3.63) is 48.0 Å². The van der Waals surface area contributed by atoms with Crippen LogP contribution in [-0.2, 0) is 19.9 Å². The van der Waals surface area contributed by atoms with Crippen molar-refractivity contribution in [1.82, 2.24) is 5.32 Å². The van der Waals surface area contributed by atoms with E-state index < -0.39 is 47.2 Å². The topological polar surface area (TPSA) is 117 Å². The van der Waals surface area contributed by atoms with Gasteiger partial charge >= 0.3 is 0 Å². The molecule has 9 heteroatoms. The molecular weight excluding hydrogens is 402 g/mol. The number of hydrogen-bond donors (Lipinski definition) is 3. The zero-order chi connectivity index (χ0) is 21.5. The highest BCUT2D eigenvalue weighted by Crippen LogP contribution is 2.54. The zero-order valence-electron chi connectivity index (χ0n) is 16.5. The van der Waals surface area contributed by atoms with E-state index in [1.165, 1.54) is 0 Å². The van der Waals surface area contributed by atoms with E-state index in [1.54, 1.807) is 49.4 Å². The predicted molar refractivity (Wildman–Crippen MR) is 107 cm³/mol. The molecule has 0 saturated carbocycles. The van der Waals surface area contributed by atoms with Gasteiger partial charge in [-0.05, 0) is 25.1 Å². The Balaban J connectivity index is 1.50. The molecule has 2 saturated heterocycles. The Hall–Kier alpha value is -3.43. The molecule has 31 heavy (non-hydrogen) atoms. The Morgan fingerprint density at radius 2 is 1.87 bits per heavy atom. The molecule has 2 fully saturated rings. The number of nitrogens with one attached hydrogen (secondary N) is 2. The number of fused-ring (bicyclic) bond motifs is 5. The van der Waals surface area contributed by atoms with Gasteiger partial charge < -0.3 is 19.9 Å². The third-order valence-corrected chi connectivity index (χ3v) is 6.69. The monoisotopic (exact) mass is 421 g/mol. The molecule has 4 aliphatic heterocycles. The molecule has 0 unspecified atom stereocenters. The Bertz CT molecular complexity index is 1160. The van der Waals surface area contributed by atoms with E-state index >= 15 is 0 Å². The number of hydrogen-bond acceptors (Lipinski definition) is 7. The lowest BCUT2D eigenvalue weighted by Gasteiger charge is -2.30. The van der Waals surface area contributed by atoms with Crippen LogP contribution >= 0.6 is 0 Å². The number of nitrogens with zero attached hydrogens (tertiary/aromatic N) is 1. The molecule has 1 spiro atoms. The summed E-state index contributed by atoms with van der Waals surface area (Å²) in [6.07, 6.45) is -0.958. The van der Waals surface area contributed by atoms with E-state index in [2.05, 4.69) is 10.6 Å². The Labute approximate surface area is 176 Å². The highest BCUT2D eigenvalue weighted by atomic mass is 16.7. The first-order valence-electron chi connectivity index (χ1n) is 10.1. The van der Waals surface area contributed by atoms with Crippen molar-refractivity contribution in [2.45, 2.75) is 24.6 Å². The summed E-state index contributed by atoms with van der Waals surface area (Å²) in [5.74, 6) is -2.26. The average molecular weight is 421 g/mol. The molecule has 6 rings (SSSR count). The molecular formula is C22H19N3O6. The van der Waals surface area contributed by atoms with Crippen LogP contribution in [0, 0.1) is 11.8 Å². The maximum atomic E-state index is 13.7. The number of benzene rings is 2. The van der Waals surface area contributed by atoms with E-state index in [1.807, 2.05) is 0 Å². The van der Waals surface area contributed by atoms with Crippen molar-refractivity contribution in [2.24, 2.45) is 11.8 Å². The van der Waals surface area contributed by atoms with E-state index in [0.717, 1.165) is 4.90 Å². The van der Waals surface area contributed by atoms with Crippen LogP contribution in [0.3, 0.4) is 0 Å². The predicted octanol–water partition coefficient (Wildman–Crippen LogP) is 0.721. The first-order chi connectivity index (χ1) is 14.9. The maximum Gasteiger partial charge on any atom is 0.250 e. The number of ether oxygens (including phenoxy) is 2. The van der Waals surface area contributed by atoms with Crippen LogP contribution in [0.2, 0.25) is 0 Å². The van der Waals surface area contributed by atoms with Crippen LogP contribution < -0.4 is 25.0 Å². The summed E-state index contributed by atoms with van der Waals surface area (Å²) in [4.78, 5) is 41.6. The van der Waals surface area contributed by atoms with Crippen molar-refractivity contribution in [3.8, 4) is 11.5 Å². The summed E-state index contributed by atoms with van der Waals surface area (Å²) in [7, 11) is 0. The zero-order valence-corrected chi connectivity index (χ0v) is 16.5. The van der Waals surface area contributed by atoms with Crippen LogP contribution in [0.4, 0.5) is 11.4 Å². The molecule has 2 aromatic carbocycles. The highest BCUT2D eigenvalue weighted by molar-refractivity contribution is 6.26. The lowest BCUT2D eigenvalue weighted by Crippen LogP contribution is -2.54. The summed E-state index contributed by atoms with van der Waals surface area (Å²) >= 11 is 0. The third kappa shape index (κ3) is 2.19. The number of anilines is 2. The van der Waals surface area contributed by atoms with Crippen molar-refractivity contribution in [2.75, 3.05) is 17.0 Å². The van der Waals surface area contributed by atoms with Gasteiger partial charge in [-0.25, -0.2) is 4.90 Å². The molecule has 0 radical (unpaired) electrons. The number of para-hydroxylation sites is 1. The first-order valence-corrected chi connectivity index (χ1v) is 10.1. The molecule has 4 heterocycles. The highest BCUT2D eigenvalue weighted by Gasteiger charge is 2.71. The quantitative estimate of drug-likeness (QED) is 0.612. The Morgan fingerprint density at radius 3 is 2.68 bits per heavy atom. The van der Waals surface area contributed by atoms with Crippen LogP contribution in [0.25, 0.3) is 0 Å². The molecule has 158 valence electrons. The van der Waals surface area contributed by atoms with Crippen molar-refractivity contribution >= 4 is 29.1 Å². The standard InChI is InChI=1S/C22H19N3O6/c1-10(26)18-16-17(22(24-18)12-4-2-3-5-13(12)23-21(22)29)20(28)25(19(16)27)11-6-7-14-15(8-11)31-9-30-14/h2-8,10,16-18,24,26H,9H2,1H3,(H,23,29)/t10-,16-,17-,18-,22-/m0/s1. The van der Waals surface area contributed by atoms with E-state index in [0.29, 0.717) is 28.4 Å². The summed E-state index contributed by atoms with van der Waals surface area (Å²) in [5, 5.41) is 16.4. The maximum absolute atomic E-state index is 13.7. The lowest BCUT2D eigenvalue weighted by molar-refractivity contribution is -0.130. The van der Waals surface area contributed by atoms with Gasteiger partial charge in [0.1, 0.15) is 5.54 Å². The summed E-state index contributed by atoms with van der Waals surface area (Å²) in [6, 6.07) is 11.2. The molecule has 9 nitrogen and oxygen atoms in total. The Morgan fingerprint density at radius 1 is 1.10 bits per heavy atom. The van der Waals surface area contributed by atoms with Crippen LogP contribution in [0.15, 0.2) is 42.5 Å². The number of imide groups is 1. The second kappa shape index (κ2) is 6.05. The normalized spacial score (nSPS) is 31.2. The van der Waals surface area contributed by atoms with Gasteiger partial charge in [-0.2, -0.15) is 0 Å². The number of carbonyl (C=O) groups excluding carboxylic acids is 3. The number of rotatable bonds is 2. The third-order valence-electron chi connectivity index (χ3n) is 6.69. The summed E-state index contributed by atoms with van der Waals surface area (Å²) in [5.41, 5.74) is 0.110. The van der Waals surface area contributed by atoms with Gasteiger partial charge in [-0.15, -0.1) is 0 Å². The molecule has 3 N–H and O–H groups in total. The van der Waals surface area contributed by atoms with Crippen molar-refractivity contribution < 1.29 is 29.0 Å². The smallest absolute Gasteiger partial charge is 0.250 e. The molecule has 3 amide bonds. The Kier molecular flexibility index (Phi) is 3.58. The second-order valence-corrected chi connectivity index (χ2v) is 8.27. The van der Waals surface area contributed by atoms with Gasteiger partial charge in [0.25, 0.3) is 0 Å². The SMILES string of the molecule is C[C@H](O)[C@@H]1N[C@]2(C(=O)Nc3ccccc32)[C@@H]2C(=O)N(c3ccc4c(c3)OCO4)C(=O)[C@H]12. The first kappa shape index (κ1) is 18.3. The fraction of sp³-hybridized carbons (Fsp3) is 0.318. The molecule has 0 aliphatic carbocycles. The number of aliphatic hydroxyl groups excluding tert-OH is 1. The number of amides is 3. The van der Waals surface area contributed by atoms with E-state index in [9.17, 15) is 19.5 Å². The molecule has 5 atom stereocenters. The lowest BCUT2D eigenvalue weighted by atomic mass is 9.76. The van der Waals surface area contributed by atoms with Crippen molar-refractivity contribution in [3.63, 3.8) is 0 Å². The van der Waals surface area contributed by atoms with Gasteiger partial charge in [-0.3, -0.25) is 19.7 Å². The fourth-order valence-electron chi connectivity index (χ4n) is 5.38. The fourth-order valence-corrected chi connectivity index (χ4v) is 5.38.